The van der Waals surface area contributed by atoms with E-state index in [2.05, 4.69) is 20.2 Å². The van der Waals surface area contributed by atoms with Crippen molar-refractivity contribution in [3.8, 4) is 39.7 Å². The lowest BCUT2D eigenvalue weighted by Crippen LogP contribution is -2.15. The highest BCUT2D eigenvalue weighted by atomic mass is 19.4. The summed E-state index contributed by atoms with van der Waals surface area (Å²) < 4.78 is 101. The number of imidazole rings is 1. The van der Waals surface area contributed by atoms with E-state index < -0.39 is 54.4 Å². The van der Waals surface area contributed by atoms with Crippen LogP contribution in [-0.2, 0) is 13.2 Å². The van der Waals surface area contributed by atoms with Crippen LogP contribution >= 0.6 is 0 Å². The van der Waals surface area contributed by atoms with E-state index in [4.69, 9.17) is 4.74 Å². The SMILES string of the molecule is Cn1cnc(-c2cc(-c3n[nH]nc3C(F)(F)F)ccn2)c1-c1c(F)cc(F)cc1OCC(F)CF. The second-order valence-corrected chi connectivity index (χ2v) is 7.32. The molecule has 0 saturated heterocycles. The number of hydrogen-bond acceptors (Lipinski definition) is 5. The fraction of sp³-hybridized carbons (Fsp3) is 0.238. The maximum absolute atomic E-state index is 14.9. The van der Waals surface area contributed by atoms with Crippen LogP contribution in [0.1, 0.15) is 5.69 Å². The molecule has 0 aliphatic heterocycles. The summed E-state index contributed by atoms with van der Waals surface area (Å²) in [6, 6.07) is 3.87. The maximum atomic E-state index is 14.9. The molecule has 0 fully saturated rings. The summed E-state index contributed by atoms with van der Waals surface area (Å²) >= 11 is 0. The number of hydrogen-bond donors (Lipinski definition) is 1. The van der Waals surface area contributed by atoms with Gasteiger partial charge in [0.1, 0.15) is 42.1 Å². The highest BCUT2D eigenvalue weighted by molar-refractivity contribution is 5.82. The van der Waals surface area contributed by atoms with Crippen molar-refractivity contribution >= 4 is 0 Å². The summed E-state index contributed by atoms with van der Waals surface area (Å²) in [5, 5.41) is 8.64. The largest absolute Gasteiger partial charge is 0.490 e. The first-order valence-corrected chi connectivity index (χ1v) is 9.88. The van der Waals surface area contributed by atoms with Gasteiger partial charge in [-0.1, -0.05) is 0 Å². The number of benzene rings is 1. The van der Waals surface area contributed by atoms with E-state index in [9.17, 15) is 30.7 Å². The molecule has 0 aliphatic carbocycles. The summed E-state index contributed by atoms with van der Waals surface area (Å²) in [6.07, 6.45) is -4.34. The van der Waals surface area contributed by atoms with Crippen LogP contribution in [0.15, 0.2) is 36.8 Å². The third-order valence-electron chi connectivity index (χ3n) is 4.87. The minimum atomic E-state index is -4.78. The van der Waals surface area contributed by atoms with Gasteiger partial charge in [0.2, 0.25) is 0 Å². The molecular formula is C21H15F7N6O. The summed E-state index contributed by atoms with van der Waals surface area (Å²) in [6.45, 7) is -2.16. The van der Waals surface area contributed by atoms with Crippen LogP contribution in [0.3, 0.4) is 0 Å². The predicted molar refractivity (Wildman–Crippen MR) is 109 cm³/mol. The van der Waals surface area contributed by atoms with E-state index >= 15 is 0 Å². The lowest BCUT2D eigenvalue weighted by molar-refractivity contribution is -0.140. The molecule has 0 aliphatic rings. The molecule has 1 N–H and O–H groups in total. The van der Waals surface area contributed by atoms with Gasteiger partial charge in [-0.3, -0.25) is 4.98 Å². The van der Waals surface area contributed by atoms with Gasteiger partial charge in [-0.15, -0.1) is 0 Å². The van der Waals surface area contributed by atoms with Gasteiger partial charge in [0.05, 0.1) is 23.3 Å². The van der Waals surface area contributed by atoms with Crippen molar-refractivity contribution in [1.29, 1.82) is 0 Å². The third kappa shape index (κ3) is 4.81. The Balaban J connectivity index is 1.83. The summed E-state index contributed by atoms with van der Waals surface area (Å²) in [4.78, 5) is 8.27. The van der Waals surface area contributed by atoms with E-state index in [-0.39, 0.29) is 28.2 Å². The second-order valence-electron chi connectivity index (χ2n) is 7.32. The van der Waals surface area contributed by atoms with Crippen LogP contribution in [0, 0.1) is 11.6 Å². The van der Waals surface area contributed by atoms with Crippen molar-refractivity contribution in [3.63, 3.8) is 0 Å². The molecule has 0 saturated carbocycles. The molecule has 3 aromatic heterocycles. The van der Waals surface area contributed by atoms with E-state index in [1.165, 1.54) is 36.3 Å². The Bertz CT molecular complexity index is 1350. The Labute approximate surface area is 192 Å². The second kappa shape index (κ2) is 9.35. The van der Waals surface area contributed by atoms with Crippen molar-refractivity contribution in [2.45, 2.75) is 12.3 Å². The first-order valence-electron chi connectivity index (χ1n) is 9.88. The summed E-state index contributed by atoms with van der Waals surface area (Å²) in [5.41, 5.74) is -2.03. The standard InChI is InChI=1S/C21H15F7N6O/c1-34-9-30-18(14-4-10(2-3-29-14)17-20(21(26,27)28)32-33-31-17)19(34)16-13(25)5-11(23)6-15(16)35-8-12(24)7-22/h2-6,9,12H,7-8H2,1H3,(H,31,32,33). The van der Waals surface area contributed by atoms with Gasteiger partial charge in [-0.25, -0.2) is 22.5 Å². The number of halogens is 7. The molecule has 1 atom stereocenters. The zero-order valence-corrected chi connectivity index (χ0v) is 17.7. The minimum absolute atomic E-state index is 0.00375. The van der Waals surface area contributed by atoms with Crippen LogP contribution in [0.25, 0.3) is 33.9 Å². The number of ether oxygens (including phenoxy) is 1. The number of aromatic amines is 1. The average molecular weight is 500 g/mol. The monoisotopic (exact) mass is 500 g/mol. The fourth-order valence-corrected chi connectivity index (χ4v) is 3.37. The highest BCUT2D eigenvalue weighted by Gasteiger charge is 2.38. The number of pyridine rings is 1. The lowest BCUT2D eigenvalue weighted by atomic mass is 10.0. The van der Waals surface area contributed by atoms with Gasteiger partial charge in [-0.2, -0.15) is 28.6 Å². The first kappa shape index (κ1) is 24.2. The molecule has 0 bridgehead atoms. The summed E-state index contributed by atoms with van der Waals surface area (Å²) in [5.74, 6) is -2.53. The van der Waals surface area contributed by atoms with Gasteiger partial charge in [0.15, 0.2) is 11.9 Å². The molecule has 7 nitrogen and oxygen atoms in total. The van der Waals surface area contributed by atoms with Gasteiger partial charge in [0, 0.05) is 30.9 Å². The van der Waals surface area contributed by atoms with Crippen molar-refractivity contribution < 1.29 is 35.5 Å². The quantitative estimate of drug-likeness (QED) is 0.365. The molecule has 184 valence electrons. The Morgan fingerprint density at radius 3 is 2.57 bits per heavy atom. The smallest absolute Gasteiger partial charge is 0.437 e. The maximum Gasteiger partial charge on any atom is 0.437 e. The number of alkyl halides is 5. The number of nitrogens with zero attached hydrogens (tertiary/aromatic N) is 5. The zero-order valence-electron chi connectivity index (χ0n) is 17.7. The lowest BCUT2D eigenvalue weighted by Gasteiger charge is -2.15. The molecule has 0 amide bonds. The topological polar surface area (TPSA) is 81.5 Å². The zero-order chi connectivity index (χ0) is 25.3. The third-order valence-corrected chi connectivity index (χ3v) is 4.87. The van der Waals surface area contributed by atoms with E-state index in [0.29, 0.717) is 6.07 Å². The molecule has 0 spiro atoms. The van der Waals surface area contributed by atoms with Crippen LogP contribution < -0.4 is 4.74 Å². The Hall–Kier alpha value is -3.97. The number of aromatic nitrogens is 6. The van der Waals surface area contributed by atoms with E-state index in [0.717, 1.165) is 6.07 Å². The molecule has 4 aromatic rings. The molecule has 0 radical (unpaired) electrons. The van der Waals surface area contributed by atoms with E-state index in [1.54, 1.807) is 0 Å². The number of rotatable bonds is 7. The van der Waals surface area contributed by atoms with Crippen molar-refractivity contribution in [2.24, 2.45) is 7.05 Å². The highest BCUT2D eigenvalue weighted by Crippen LogP contribution is 2.40. The van der Waals surface area contributed by atoms with Gasteiger partial charge in [-0.05, 0) is 12.1 Å². The molecule has 1 aromatic carbocycles. The normalized spacial score (nSPS) is 12.7. The van der Waals surface area contributed by atoms with Crippen LogP contribution in [0.5, 0.6) is 5.75 Å². The van der Waals surface area contributed by atoms with Crippen LogP contribution in [0.4, 0.5) is 30.7 Å². The average Bonchev–Trinajstić information content (AvgIpc) is 3.45. The molecular weight excluding hydrogens is 485 g/mol. The number of aryl methyl sites for hydroxylation is 1. The van der Waals surface area contributed by atoms with Gasteiger partial charge >= 0.3 is 6.18 Å². The first-order chi connectivity index (χ1) is 16.6. The Morgan fingerprint density at radius 1 is 1.09 bits per heavy atom. The molecule has 1 unspecified atom stereocenters. The summed E-state index contributed by atoms with van der Waals surface area (Å²) in [7, 11) is 1.47. The van der Waals surface area contributed by atoms with Gasteiger partial charge in [0.25, 0.3) is 0 Å². The fourth-order valence-electron chi connectivity index (χ4n) is 3.37. The Morgan fingerprint density at radius 2 is 1.86 bits per heavy atom. The van der Waals surface area contributed by atoms with Gasteiger partial charge < -0.3 is 9.30 Å². The molecule has 3 heterocycles. The van der Waals surface area contributed by atoms with Crippen molar-refractivity contribution in [2.75, 3.05) is 13.3 Å². The van der Waals surface area contributed by atoms with Crippen molar-refractivity contribution in [1.82, 2.24) is 29.9 Å². The predicted octanol–water partition coefficient (Wildman–Crippen LogP) is 4.92. The number of nitrogens with one attached hydrogen (secondary N) is 1. The molecule has 35 heavy (non-hydrogen) atoms. The minimum Gasteiger partial charge on any atom is -0.490 e. The molecule has 4 rings (SSSR count). The van der Waals surface area contributed by atoms with Crippen LogP contribution in [-0.4, -0.2) is 49.4 Å². The molecule has 14 heteroatoms. The Kier molecular flexibility index (Phi) is 6.45. The van der Waals surface area contributed by atoms with Crippen molar-refractivity contribution in [3.05, 3.63) is 54.1 Å². The van der Waals surface area contributed by atoms with Crippen LogP contribution in [0.2, 0.25) is 0 Å². The number of H-pyrrole nitrogens is 1. The van der Waals surface area contributed by atoms with E-state index in [1.807, 2.05) is 5.21 Å².